The van der Waals surface area contributed by atoms with Crippen molar-refractivity contribution in [3.8, 4) is 0 Å². The maximum Gasteiger partial charge on any atom is 0.305 e. The van der Waals surface area contributed by atoms with Gasteiger partial charge < -0.3 is 20.3 Å². The number of hydrogen-bond donors (Lipinski definition) is 3. The Morgan fingerprint density at radius 1 is 0.444 bits per heavy atom. The summed E-state index contributed by atoms with van der Waals surface area (Å²) in [4.78, 5) is 24.5. The fourth-order valence-corrected chi connectivity index (χ4v) is 8.07. The number of rotatable bonds is 50. The van der Waals surface area contributed by atoms with E-state index in [-0.39, 0.29) is 18.5 Å². The molecule has 0 aromatic heterocycles. The summed E-state index contributed by atoms with van der Waals surface area (Å²) >= 11 is 0. The van der Waals surface area contributed by atoms with Crippen LogP contribution in [0.15, 0.2) is 48.6 Å². The van der Waals surface area contributed by atoms with E-state index < -0.39 is 12.1 Å². The third-order valence-electron chi connectivity index (χ3n) is 12.3. The largest absolute Gasteiger partial charge is 0.466 e. The van der Waals surface area contributed by atoms with Gasteiger partial charge in [-0.15, -0.1) is 0 Å². The number of amides is 1. The van der Waals surface area contributed by atoms with E-state index in [1.165, 1.54) is 161 Å². The van der Waals surface area contributed by atoms with Crippen LogP contribution < -0.4 is 5.32 Å². The van der Waals surface area contributed by atoms with E-state index in [1.807, 2.05) is 6.08 Å². The molecule has 0 aliphatic carbocycles. The smallest absolute Gasteiger partial charge is 0.305 e. The zero-order chi connectivity index (χ0) is 45.8. The van der Waals surface area contributed by atoms with Gasteiger partial charge in [0.05, 0.1) is 25.4 Å². The van der Waals surface area contributed by atoms with E-state index >= 15 is 0 Å². The summed E-state index contributed by atoms with van der Waals surface area (Å²) in [7, 11) is 0. The first-order chi connectivity index (χ1) is 31.0. The van der Waals surface area contributed by atoms with E-state index in [9.17, 15) is 19.8 Å². The molecule has 1 amide bonds. The van der Waals surface area contributed by atoms with Crippen molar-refractivity contribution >= 4 is 11.9 Å². The SMILES string of the molecule is CCCCC/C=C\C/C=C\CCCCCCCCCCCC(=O)OCCCCC/C=C\CCCCCCCC(=O)NC(CO)C(O)/C=C/CCCCCCCCCCCCCCC. The second-order valence-electron chi connectivity index (χ2n) is 18.5. The minimum absolute atomic E-state index is 0.0288. The average molecular weight is 884 g/mol. The molecule has 0 spiro atoms. The number of nitrogens with one attached hydrogen (secondary N) is 1. The molecule has 0 saturated heterocycles. The fourth-order valence-electron chi connectivity index (χ4n) is 8.07. The van der Waals surface area contributed by atoms with Crippen LogP contribution in [0.2, 0.25) is 0 Å². The normalized spacial score (nSPS) is 13.0. The summed E-state index contributed by atoms with van der Waals surface area (Å²) in [6, 6.07) is -0.647. The van der Waals surface area contributed by atoms with Crippen molar-refractivity contribution in [2.24, 2.45) is 0 Å². The van der Waals surface area contributed by atoms with Crippen LogP contribution in [-0.4, -0.2) is 47.4 Å². The first-order valence-electron chi connectivity index (χ1n) is 27.4. The number of carbonyl (C=O) groups excluding carboxylic acids is 2. The quantitative estimate of drug-likeness (QED) is 0.0321. The van der Waals surface area contributed by atoms with Gasteiger partial charge in [0.2, 0.25) is 5.91 Å². The average Bonchev–Trinajstić information content (AvgIpc) is 3.28. The molecular formula is C57H105NO5. The molecule has 0 rings (SSSR count). The molecular weight excluding hydrogens is 779 g/mol. The summed E-state index contributed by atoms with van der Waals surface area (Å²) in [6.45, 7) is 4.81. The number of carbonyl (C=O) groups is 2. The van der Waals surface area contributed by atoms with Gasteiger partial charge in [-0.05, 0) is 96.3 Å². The van der Waals surface area contributed by atoms with Crippen molar-refractivity contribution in [3.05, 3.63) is 48.6 Å². The zero-order valence-corrected chi connectivity index (χ0v) is 41.8. The highest BCUT2D eigenvalue weighted by Gasteiger charge is 2.18. The molecule has 0 aromatic rings. The first-order valence-corrected chi connectivity index (χ1v) is 27.4. The van der Waals surface area contributed by atoms with E-state index in [0.29, 0.717) is 19.4 Å². The van der Waals surface area contributed by atoms with E-state index in [2.05, 4.69) is 55.6 Å². The number of allylic oxidation sites excluding steroid dienone is 7. The Balaban J connectivity index is 3.53. The Labute approximate surface area is 391 Å². The molecule has 6 heteroatoms. The molecule has 2 unspecified atom stereocenters. The van der Waals surface area contributed by atoms with Crippen LogP contribution in [0.5, 0.6) is 0 Å². The van der Waals surface area contributed by atoms with Crippen LogP contribution in [0.1, 0.15) is 277 Å². The summed E-state index contributed by atoms with van der Waals surface area (Å²) in [5, 5.41) is 23.1. The third-order valence-corrected chi connectivity index (χ3v) is 12.3. The van der Waals surface area contributed by atoms with Gasteiger partial charge in [0, 0.05) is 12.8 Å². The van der Waals surface area contributed by atoms with Crippen molar-refractivity contribution < 1.29 is 24.5 Å². The Bertz CT molecular complexity index is 1070. The zero-order valence-electron chi connectivity index (χ0n) is 41.8. The number of aliphatic hydroxyl groups is 2. The van der Waals surface area contributed by atoms with Gasteiger partial charge in [-0.3, -0.25) is 9.59 Å². The van der Waals surface area contributed by atoms with Gasteiger partial charge in [-0.2, -0.15) is 0 Å². The maximum absolute atomic E-state index is 12.4. The van der Waals surface area contributed by atoms with Gasteiger partial charge in [0.25, 0.3) is 0 Å². The van der Waals surface area contributed by atoms with Gasteiger partial charge >= 0.3 is 5.97 Å². The van der Waals surface area contributed by atoms with Crippen LogP contribution in [-0.2, 0) is 14.3 Å². The molecule has 63 heavy (non-hydrogen) atoms. The summed E-state index contributed by atoms with van der Waals surface area (Å²) in [6.07, 6.45) is 65.4. The van der Waals surface area contributed by atoms with Crippen LogP contribution in [0.3, 0.4) is 0 Å². The number of hydrogen-bond acceptors (Lipinski definition) is 5. The van der Waals surface area contributed by atoms with Gasteiger partial charge in [-0.25, -0.2) is 0 Å². The summed E-state index contributed by atoms with van der Waals surface area (Å²) in [5.74, 6) is -0.123. The number of esters is 1. The minimum Gasteiger partial charge on any atom is -0.466 e. The molecule has 6 nitrogen and oxygen atoms in total. The molecule has 0 fully saturated rings. The number of unbranched alkanes of at least 4 members (excludes halogenated alkanes) is 33. The predicted molar refractivity (Wildman–Crippen MR) is 273 cm³/mol. The topological polar surface area (TPSA) is 95.9 Å². The lowest BCUT2D eigenvalue weighted by atomic mass is 10.0. The van der Waals surface area contributed by atoms with Crippen molar-refractivity contribution in [1.29, 1.82) is 0 Å². The Hall–Kier alpha value is -2.18. The van der Waals surface area contributed by atoms with Crippen molar-refractivity contribution in [2.45, 2.75) is 289 Å². The molecule has 0 aliphatic rings. The second-order valence-corrected chi connectivity index (χ2v) is 18.5. The number of aliphatic hydroxyl groups excluding tert-OH is 2. The standard InChI is InChI=1S/C57H105NO5/c1-3-5-7-9-11-13-15-17-19-20-21-22-24-26-31-35-39-43-47-51-57(62)63-52-48-44-40-36-32-28-27-30-34-38-42-46-50-56(61)58-54(53-59)55(60)49-45-41-37-33-29-25-23-18-16-14-12-10-8-6-4-2/h11,13,17,19,28,32,45,49,54-55,59-60H,3-10,12,14-16,18,20-27,29-31,33-44,46-48,50-53H2,1-2H3,(H,58,61)/b13-11-,19-17-,32-28-,49-45+. The molecule has 0 heterocycles. The first kappa shape index (κ1) is 60.8. The molecule has 0 saturated carbocycles. The highest BCUT2D eigenvalue weighted by molar-refractivity contribution is 5.76. The molecule has 2 atom stereocenters. The Morgan fingerprint density at radius 3 is 1.25 bits per heavy atom. The van der Waals surface area contributed by atoms with Crippen LogP contribution in [0, 0.1) is 0 Å². The molecule has 0 bridgehead atoms. The minimum atomic E-state index is -0.861. The molecule has 0 aliphatic heterocycles. The lowest BCUT2D eigenvalue weighted by molar-refractivity contribution is -0.143. The van der Waals surface area contributed by atoms with E-state index in [1.54, 1.807) is 6.08 Å². The lowest BCUT2D eigenvalue weighted by Crippen LogP contribution is -2.45. The lowest BCUT2D eigenvalue weighted by Gasteiger charge is -2.20. The number of ether oxygens (including phenoxy) is 1. The molecule has 0 aromatic carbocycles. The molecule has 0 radical (unpaired) electrons. The third kappa shape index (κ3) is 49.1. The molecule has 3 N–H and O–H groups in total. The van der Waals surface area contributed by atoms with Gasteiger partial charge in [-0.1, -0.05) is 217 Å². The summed E-state index contributed by atoms with van der Waals surface area (Å²) in [5.41, 5.74) is 0. The van der Waals surface area contributed by atoms with Crippen molar-refractivity contribution in [2.75, 3.05) is 13.2 Å². The maximum atomic E-state index is 12.4. The summed E-state index contributed by atoms with van der Waals surface area (Å²) < 4.78 is 5.46. The van der Waals surface area contributed by atoms with Crippen LogP contribution in [0.4, 0.5) is 0 Å². The van der Waals surface area contributed by atoms with E-state index in [0.717, 1.165) is 89.9 Å². The van der Waals surface area contributed by atoms with Gasteiger partial charge in [0.1, 0.15) is 0 Å². The highest BCUT2D eigenvalue weighted by atomic mass is 16.5. The highest BCUT2D eigenvalue weighted by Crippen LogP contribution is 2.15. The molecule has 368 valence electrons. The Kier molecular flexibility index (Phi) is 50.6. The fraction of sp³-hybridized carbons (Fsp3) is 0.825. The Morgan fingerprint density at radius 2 is 0.794 bits per heavy atom. The van der Waals surface area contributed by atoms with E-state index in [4.69, 9.17) is 4.74 Å². The van der Waals surface area contributed by atoms with Crippen LogP contribution in [0.25, 0.3) is 0 Å². The van der Waals surface area contributed by atoms with Crippen LogP contribution >= 0.6 is 0 Å². The van der Waals surface area contributed by atoms with Crippen molar-refractivity contribution in [1.82, 2.24) is 5.32 Å². The predicted octanol–water partition coefficient (Wildman–Crippen LogP) is 16.6. The second kappa shape index (κ2) is 52.4. The van der Waals surface area contributed by atoms with Crippen molar-refractivity contribution in [3.63, 3.8) is 0 Å². The van der Waals surface area contributed by atoms with Gasteiger partial charge in [0.15, 0.2) is 0 Å². The monoisotopic (exact) mass is 884 g/mol.